The van der Waals surface area contributed by atoms with Gasteiger partial charge in [-0.15, -0.1) is 0 Å². The number of aromatic nitrogens is 2. The Morgan fingerprint density at radius 1 is 1.32 bits per heavy atom. The molecule has 0 unspecified atom stereocenters. The van der Waals surface area contributed by atoms with Gasteiger partial charge in [-0.2, -0.15) is 0 Å². The fraction of sp³-hybridized carbons (Fsp3) is 0.269. The van der Waals surface area contributed by atoms with E-state index in [2.05, 4.69) is 57.9 Å². The average Bonchev–Trinajstić information content (AvgIpc) is 2.81. The first-order valence-corrected chi connectivity index (χ1v) is 11.3. The lowest BCUT2D eigenvalue weighted by atomic mass is 9.82. The van der Waals surface area contributed by atoms with E-state index >= 15 is 0 Å². The molecule has 1 aliphatic rings. The van der Waals surface area contributed by atoms with Gasteiger partial charge in [0.25, 0.3) is 0 Å². The van der Waals surface area contributed by atoms with E-state index in [0.29, 0.717) is 28.0 Å². The van der Waals surface area contributed by atoms with Gasteiger partial charge in [-0.25, -0.2) is 14.4 Å². The Labute approximate surface area is 203 Å². The van der Waals surface area contributed by atoms with Crippen LogP contribution in [0.25, 0.3) is 10.9 Å². The zero-order valence-corrected chi connectivity index (χ0v) is 19.8. The number of rotatable bonds is 4. The van der Waals surface area contributed by atoms with Crippen molar-refractivity contribution < 1.29 is 9.18 Å². The molecule has 4 rings (SSSR count). The average molecular weight is 478 g/mol. The van der Waals surface area contributed by atoms with Gasteiger partial charge in [0, 0.05) is 17.3 Å². The van der Waals surface area contributed by atoms with Crippen molar-refractivity contribution >= 4 is 45.6 Å². The molecule has 2 heterocycles. The monoisotopic (exact) mass is 477 g/mol. The molecule has 0 aliphatic carbocycles. The van der Waals surface area contributed by atoms with Gasteiger partial charge in [0.2, 0.25) is 5.91 Å². The zero-order chi connectivity index (χ0) is 24.3. The molecule has 1 saturated heterocycles. The van der Waals surface area contributed by atoms with Crippen molar-refractivity contribution in [3.8, 4) is 11.8 Å². The second-order valence-corrected chi connectivity index (χ2v) is 9.12. The highest BCUT2D eigenvalue weighted by atomic mass is 35.5. The van der Waals surface area contributed by atoms with E-state index in [1.54, 1.807) is 24.3 Å². The lowest BCUT2D eigenvalue weighted by Crippen LogP contribution is -2.38. The Kier molecular flexibility index (Phi) is 6.82. The van der Waals surface area contributed by atoms with Crippen LogP contribution >= 0.6 is 11.6 Å². The minimum Gasteiger partial charge on any atom is -0.337 e. The fourth-order valence-electron chi connectivity index (χ4n) is 4.13. The summed E-state index contributed by atoms with van der Waals surface area (Å²) in [5.74, 6) is 6.12. The van der Waals surface area contributed by atoms with Crippen LogP contribution in [0.5, 0.6) is 0 Å². The van der Waals surface area contributed by atoms with Crippen LogP contribution < -0.4 is 10.6 Å². The molecular weight excluding hydrogens is 453 g/mol. The quantitative estimate of drug-likeness (QED) is 0.390. The molecule has 1 aliphatic heterocycles. The van der Waals surface area contributed by atoms with Crippen LogP contribution in [0.15, 0.2) is 49.3 Å². The molecule has 1 atom stereocenters. The molecule has 34 heavy (non-hydrogen) atoms. The van der Waals surface area contributed by atoms with Crippen molar-refractivity contribution in [3.63, 3.8) is 0 Å². The predicted molar refractivity (Wildman–Crippen MR) is 135 cm³/mol. The molecule has 174 valence electrons. The number of fused-ring (bicyclic) bond motifs is 1. The Morgan fingerprint density at radius 2 is 2.15 bits per heavy atom. The molecule has 1 aromatic heterocycles. The molecule has 6 nitrogen and oxygen atoms in total. The maximum Gasteiger partial charge on any atom is 0.247 e. The maximum absolute atomic E-state index is 14.5. The molecular formula is C26H25ClFN5O. The number of anilines is 3. The Morgan fingerprint density at radius 3 is 2.91 bits per heavy atom. The van der Waals surface area contributed by atoms with E-state index in [1.165, 1.54) is 18.5 Å². The van der Waals surface area contributed by atoms with E-state index in [0.717, 1.165) is 25.9 Å². The SMILES string of the molecule is C=CC(=O)Nc1cc2c(Nc3cccc(Cl)c3F)ncnc2cc1C#C[C@@]1(C)CCCN(C)C1. The summed E-state index contributed by atoms with van der Waals surface area (Å²) in [7, 11) is 2.10. The summed E-state index contributed by atoms with van der Waals surface area (Å²) in [5.41, 5.74) is 1.77. The molecule has 0 radical (unpaired) electrons. The number of hydrogen-bond acceptors (Lipinski definition) is 5. The Hall–Kier alpha value is -3.47. The zero-order valence-electron chi connectivity index (χ0n) is 19.1. The number of hydrogen-bond donors (Lipinski definition) is 2. The normalized spacial score (nSPS) is 18.1. The summed E-state index contributed by atoms with van der Waals surface area (Å²) < 4.78 is 14.5. The number of carbonyl (C=O) groups is 1. The molecule has 8 heteroatoms. The van der Waals surface area contributed by atoms with Gasteiger partial charge < -0.3 is 15.5 Å². The number of halogens is 2. The molecule has 2 aromatic carbocycles. The first-order chi connectivity index (χ1) is 16.3. The van der Waals surface area contributed by atoms with Crippen molar-refractivity contribution in [2.75, 3.05) is 30.8 Å². The number of carbonyl (C=O) groups excluding carboxylic acids is 1. The van der Waals surface area contributed by atoms with E-state index in [-0.39, 0.29) is 22.0 Å². The number of benzene rings is 2. The molecule has 1 fully saturated rings. The van der Waals surface area contributed by atoms with Gasteiger partial charge in [-0.05, 0) is 63.7 Å². The smallest absolute Gasteiger partial charge is 0.247 e. The van der Waals surface area contributed by atoms with Crippen LogP contribution in [-0.2, 0) is 4.79 Å². The summed E-state index contributed by atoms with van der Waals surface area (Å²) in [4.78, 5) is 23.1. The van der Waals surface area contributed by atoms with Crippen molar-refractivity contribution in [1.82, 2.24) is 14.9 Å². The third-order valence-electron chi connectivity index (χ3n) is 5.81. The lowest BCUT2D eigenvalue weighted by Gasteiger charge is -2.34. The number of nitrogens with one attached hydrogen (secondary N) is 2. The Balaban J connectivity index is 1.79. The largest absolute Gasteiger partial charge is 0.337 e. The van der Waals surface area contributed by atoms with Crippen molar-refractivity contribution in [1.29, 1.82) is 0 Å². The van der Waals surface area contributed by atoms with Crippen LogP contribution in [0, 0.1) is 23.1 Å². The number of nitrogens with zero attached hydrogens (tertiary/aromatic N) is 3. The lowest BCUT2D eigenvalue weighted by molar-refractivity contribution is -0.111. The first-order valence-electron chi connectivity index (χ1n) is 10.9. The van der Waals surface area contributed by atoms with Gasteiger partial charge >= 0.3 is 0 Å². The summed E-state index contributed by atoms with van der Waals surface area (Å²) in [6.45, 7) is 7.63. The van der Waals surface area contributed by atoms with E-state index in [4.69, 9.17) is 11.6 Å². The van der Waals surface area contributed by atoms with E-state index in [9.17, 15) is 9.18 Å². The predicted octanol–water partition coefficient (Wildman–Crippen LogP) is 5.37. The minimum atomic E-state index is -0.579. The highest BCUT2D eigenvalue weighted by Gasteiger charge is 2.27. The van der Waals surface area contributed by atoms with Gasteiger partial charge in [-0.3, -0.25) is 4.79 Å². The number of amides is 1. The maximum atomic E-state index is 14.5. The van der Waals surface area contributed by atoms with Crippen LogP contribution in [0.3, 0.4) is 0 Å². The summed E-state index contributed by atoms with van der Waals surface area (Å²) >= 11 is 5.91. The van der Waals surface area contributed by atoms with E-state index < -0.39 is 5.82 Å². The molecule has 0 bridgehead atoms. The first kappa shape index (κ1) is 23.7. The van der Waals surface area contributed by atoms with Crippen LogP contribution in [0.1, 0.15) is 25.3 Å². The molecule has 3 aromatic rings. The van der Waals surface area contributed by atoms with Gasteiger partial charge in [0.15, 0.2) is 5.82 Å². The van der Waals surface area contributed by atoms with Gasteiger partial charge in [0.1, 0.15) is 12.1 Å². The van der Waals surface area contributed by atoms with Gasteiger partial charge in [-0.1, -0.05) is 36.1 Å². The van der Waals surface area contributed by atoms with Gasteiger partial charge in [0.05, 0.1) is 27.5 Å². The third kappa shape index (κ3) is 5.19. The fourth-order valence-corrected chi connectivity index (χ4v) is 4.31. The molecule has 0 spiro atoms. The van der Waals surface area contributed by atoms with Crippen molar-refractivity contribution in [2.24, 2.45) is 5.41 Å². The summed E-state index contributed by atoms with van der Waals surface area (Å²) in [6.07, 6.45) is 4.68. The molecule has 2 N–H and O–H groups in total. The second kappa shape index (κ2) is 9.80. The highest BCUT2D eigenvalue weighted by Crippen LogP contribution is 2.32. The molecule has 1 amide bonds. The summed E-state index contributed by atoms with van der Waals surface area (Å²) in [5, 5.41) is 6.40. The third-order valence-corrected chi connectivity index (χ3v) is 6.10. The van der Waals surface area contributed by atoms with Crippen LogP contribution in [0.2, 0.25) is 5.02 Å². The highest BCUT2D eigenvalue weighted by molar-refractivity contribution is 6.31. The topological polar surface area (TPSA) is 70.1 Å². The van der Waals surface area contributed by atoms with Crippen molar-refractivity contribution in [3.05, 3.63) is 65.7 Å². The molecule has 0 saturated carbocycles. The minimum absolute atomic E-state index is 0.00158. The number of likely N-dealkylation sites (tertiary alicyclic amines) is 1. The van der Waals surface area contributed by atoms with E-state index in [1.807, 2.05) is 0 Å². The Bertz CT molecular complexity index is 1330. The standard InChI is InChI=1S/C26H25ClFN5O/c1-4-23(34)31-21-14-18-22(13-17(21)9-11-26(2)10-6-12-33(3)15-26)29-16-30-25(18)32-20-8-5-7-19(27)24(20)28/h4-5,7-8,13-14,16H,1,6,10,12,15H2,2-3H3,(H,31,34)(H,29,30,32)/t26-/m1/s1. The second-order valence-electron chi connectivity index (χ2n) is 8.71. The number of piperidine rings is 1. The summed E-state index contributed by atoms with van der Waals surface area (Å²) in [6, 6.07) is 8.22. The van der Waals surface area contributed by atoms with Crippen LogP contribution in [-0.4, -0.2) is 40.9 Å². The van der Waals surface area contributed by atoms with Crippen LogP contribution in [0.4, 0.5) is 21.6 Å². The van der Waals surface area contributed by atoms with Crippen molar-refractivity contribution in [2.45, 2.75) is 19.8 Å².